The van der Waals surface area contributed by atoms with Crippen molar-refractivity contribution in [1.82, 2.24) is 0 Å². The predicted octanol–water partition coefficient (Wildman–Crippen LogP) is 4.44. The average molecular weight is 252 g/mol. The molecule has 1 nitrogen and oxygen atoms in total. The number of alkyl halides is 3. The van der Waals surface area contributed by atoms with Crippen LogP contribution in [0, 0.1) is 5.92 Å². The summed E-state index contributed by atoms with van der Waals surface area (Å²) in [7, 11) is 0. The molecule has 0 unspecified atom stereocenters. The molecule has 0 amide bonds. The molecule has 102 valence electrons. The van der Waals surface area contributed by atoms with Crippen molar-refractivity contribution in [1.29, 1.82) is 0 Å². The highest BCUT2D eigenvalue weighted by Gasteiger charge is 2.44. The fourth-order valence-electron chi connectivity index (χ4n) is 2.61. The van der Waals surface area contributed by atoms with Crippen molar-refractivity contribution in [3.8, 4) is 0 Å². The zero-order chi connectivity index (χ0) is 12.9. The average Bonchev–Trinajstić information content (AvgIpc) is 2.24. The minimum atomic E-state index is -4.08. The molecule has 0 aliphatic heterocycles. The molecule has 17 heavy (non-hydrogen) atoms. The van der Waals surface area contributed by atoms with Gasteiger partial charge >= 0.3 is 6.18 Å². The Morgan fingerprint density at radius 2 is 1.71 bits per heavy atom. The van der Waals surface area contributed by atoms with Crippen molar-refractivity contribution in [2.45, 2.75) is 76.5 Å². The fraction of sp³-hybridized carbons (Fsp3) is 1.00. The quantitative estimate of drug-likeness (QED) is 0.717. The van der Waals surface area contributed by atoms with Crippen molar-refractivity contribution in [2.75, 3.05) is 0 Å². The summed E-state index contributed by atoms with van der Waals surface area (Å²) in [6.07, 6.45) is 1.66. The van der Waals surface area contributed by atoms with E-state index in [1.54, 1.807) is 0 Å². The van der Waals surface area contributed by atoms with Gasteiger partial charge in [0.2, 0.25) is 0 Å². The number of halogens is 3. The smallest absolute Gasteiger partial charge is 0.390 e. The summed E-state index contributed by atoms with van der Waals surface area (Å²) in [5.74, 6) is -1.20. The number of aliphatic hydroxyl groups is 1. The van der Waals surface area contributed by atoms with E-state index in [2.05, 4.69) is 6.92 Å². The zero-order valence-electron chi connectivity index (χ0n) is 10.5. The highest BCUT2D eigenvalue weighted by atomic mass is 19.4. The molecule has 1 aliphatic rings. The largest absolute Gasteiger partial charge is 0.391 e. The first kappa shape index (κ1) is 14.8. The topological polar surface area (TPSA) is 20.2 Å². The summed E-state index contributed by atoms with van der Waals surface area (Å²) in [5.41, 5.74) is -0.824. The third-order valence-electron chi connectivity index (χ3n) is 3.87. The van der Waals surface area contributed by atoms with Gasteiger partial charge in [-0.1, -0.05) is 32.6 Å². The number of hydrogen-bond acceptors (Lipinski definition) is 1. The summed E-state index contributed by atoms with van der Waals surface area (Å²) in [4.78, 5) is 0. The van der Waals surface area contributed by atoms with Gasteiger partial charge in [0.15, 0.2) is 0 Å². The van der Waals surface area contributed by atoms with Crippen molar-refractivity contribution >= 4 is 0 Å². The molecule has 0 radical (unpaired) electrons. The van der Waals surface area contributed by atoms with Gasteiger partial charge in [0, 0.05) is 0 Å². The van der Waals surface area contributed by atoms with Crippen molar-refractivity contribution in [3.05, 3.63) is 0 Å². The third kappa shape index (κ3) is 4.86. The van der Waals surface area contributed by atoms with Gasteiger partial charge in [-0.3, -0.25) is 0 Å². The molecule has 1 rings (SSSR count). The second kappa shape index (κ2) is 6.07. The summed E-state index contributed by atoms with van der Waals surface area (Å²) >= 11 is 0. The van der Waals surface area contributed by atoms with Crippen LogP contribution in [0.5, 0.6) is 0 Å². The summed E-state index contributed by atoms with van der Waals surface area (Å²) in [5, 5.41) is 10.2. The van der Waals surface area contributed by atoms with E-state index in [-0.39, 0.29) is 12.8 Å². The lowest BCUT2D eigenvalue weighted by Crippen LogP contribution is -2.38. The molecule has 0 saturated heterocycles. The highest BCUT2D eigenvalue weighted by Crippen LogP contribution is 2.42. The molecule has 1 saturated carbocycles. The van der Waals surface area contributed by atoms with Crippen LogP contribution in [-0.2, 0) is 0 Å². The van der Waals surface area contributed by atoms with E-state index in [1.807, 2.05) is 0 Å². The Kier molecular flexibility index (Phi) is 5.29. The van der Waals surface area contributed by atoms with Gasteiger partial charge in [0.05, 0.1) is 11.5 Å². The number of rotatable bonds is 5. The molecule has 0 aromatic rings. The molecule has 1 aliphatic carbocycles. The van der Waals surface area contributed by atoms with Crippen LogP contribution in [0.25, 0.3) is 0 Å². The Morgan fingerprint density at radius 1 is 1.12 bits per heavy atom. The van der Waals surface area contributed by atoms with Gasteiger partial charge in [0.25, 0.3) is 0 Å². The molecule has 0 spiro atoms. The Morgan fingerprint density at radius 3 is 2.18 bits per heavy atom. The van der Waals surface area contributed by atoms with E-state index in [4.69, 9.17) is 0 Å². The fourth-order valence-corrected chi connectivity index (χ4v) is 2.61. The van der Waals surface area contributed by atoms with E-state index >= 15 is 0 Å². The Bertz CT molecular complexity index is 217. The first-order valence-electron chi connectivity index (χ1n) is 6.66. The maximum absolute atomic E-state index is 12.5. The SMILES string of the molecule is CCCCCCC1(O)CCC(C(F)(F)F)CC1. The van der Waals surface area contributed by atoms with Crippen LogP contribution in [0.15, 0.2) is 0 Å². The Hall–Kier alpha value is -0.250. The molecule has 0 atom stereocenters. The van der Waals surface area contributed by atoms with Crippen molar-refractivity contribution in [3.63, 3.8) is 0 Å². The van der Waals surface area contributed by atoms with Crippen molar-refractivity contribution in [2.24, 2.45) is 5.92 Å². The van der Waals surface area contributed by atoms with Gasteiger partial charge in [-0.05, 0) is 32.1 Å². The normalized spacial score (nSPS) is 30.5. The van der Waals surface area contributed by atoms with Crippen LogP contribution in [0.1, 0.15) is 64.7 Å². The monoisotopic (exact) mass is 252 g/mol. The van der Waals surface area contributed by atoms with Gasteiger partial charge in [-0.15, -0.1) is 0 Å². The molecule has 0 aromatic heterocycles. The van der Waals surface area contributed by atoms with Gasteiger partial charge < -0.3 is 5.11 Å². The molecule has 1 fully saturated rings. The van der Waals surface area contributed by atoms with E-state index < -0.39 is 17.7 Å². The van der Waals surface area contributed by atoms with E-state index in [9.17, 15) is 18.3 Å². The number of unbranched alkanes of at least 4 members (excludes halogenated alkanes) is 3. The lowest BCUT2D eigenvalue weighted by molar-refractivity contribution is -0.192. The Labute approximate surface area is 101 Å². The van der Waals surface area contributed by atoms with Crippen molar-refractivity contribution < 1.29 is 18.3 Å². The maximum atomic E-state index is 12.5. The van der Waals surface area contributed by atoms with E-state index in [0.717, 1.165) is 25.7 Å². The van der Waals surface area contributed by atoms with Crippen LogP contribution >= 0.6 is 0 Å². The summed E-state index contributed by atoms with van der Waals surface area (Å²) < 4.78 is 37.4. The predicted molar refractivity (Wildman–Crippen MR) is 61.7 cm³/mol. The van der Waals surface area contributed by atoms with Crippen LogP contribution < -0.4 is 0 Å². The summed E-state index contributed by atoms with van der Waals surface area (Å²) in [6, 6.07) is 0. The highest BCUT2D eigenvalue weighted by molar-refractivity contribution is 4.87. The zero-order valence-corrected chi connectivity index (χ0v) is 10.5. The number of hydrogen-bond donors (Lipinski definition) is 1. The van der Waals surface area contributed by atoms with Gasteiger partial charge in [-0.25, -0.2) is 0 Å². The minimum absolute atomic E-state index is 0.0910. The standard InChI is InChI=1S/C13H23F3O/c1-2-3-4-5-8-12(17)9-6-11(7-10-12)13(14,15)16/h11,17H,2-10H2,1H3. The van der Waals surface area contributed by atoms with E-state index in [1.165, 1.54) is 0 Å². The molecule has 0 bridgehead atoms. The Balaban J connectivity index is 2.29. The summed E-state index contributed by atoms with van der Waals surface area (Å²) in [6.45, 7) is 2.11. The van der Waals surface area contributed by atoms with Crippen LogP contribution in [-0.4, -0.2) is 16.9 Å². The van der Waals surface area contributed by atoms with Crippen LogP contribution in [0.2, 0.25) is 0 Å². The second-order valence-electron chi connectivity index (χ2n) is 5.35. The lowest BCUT2D eigenvalue weighted by atomic mass is 9.76. The van der Waals surface area contributed by atoms with Crippen LogP contribution in [0.3, 0.4) is 0 Å². The molecule has 0 heterocycles. The van der Waals surface area contributed by atoms with Crippen LogP contribution in [0.4, 0.5) is 13.2 Å². The van der Waals surface area contributed by atoms with Gasteiger partial charge in [-0.2, -0.15) is 13.2 Å². The first-order chi connectivity index (χ1) is 7.87. The van der Waals surface area contributed by atoms with Gasteiger partial charge in [0.1, 0.15) is 0 Å². The van der Waals surface area contributed by atoms with E-state index in [0.29, 0.717) is 19.3 Å². The molecule has 4 heteroatoms. The lowest BCUT2D eigenvalue weighted by Gasteiger charge is -2.36. The molecular formula is C13H23F3O. The molecule has 1 N–H and O–H groups in total. The maximum Gasteiger partial charge on any atom is 0.391 e. The third-order valence-corrected chi connectivity index (χ3v) is 3.87. The minimum Gasteiger partial charge on any atom is -0.390 e. The first-order valence-corrected chi connectivity index (χ1v) is 6.66. The second-order valence-corrected chi connectivity index (χ2v) is 5.35. The molecule has 0 aromatic carbocycles. The molecular weight excluding hydrogens is 229 g/mol.